The Kier molecular flexibility index (Phi) is 5.85. The Morgan fingerprint density at radius 3 is 2.59 bits per heavy atom. The van der Waals surface area contributed by atoms with Crippen LogP contribution in [0.4, 0.5) is 5.69 Å². The van der Waals surface area contributed by atoms with E-state index in [1.807, 2.05) is 37.3 Å². The lowest BCUT2D eigenvalue weighted by molar-refractivity contribution is -0.111. The first-order chi connectivity index (χ1) is 16.4. The molecule has 0 aliphatic carbocycles. The van der Waals surface area contributed by atoms with Crippen LogP contribution in [-0.2, 0) is 27.8 Å². The maximum Gasteiger partial charge on any atom is 0.248 e. The van der Waals surface area contributed by atoms with Crippen molar-refractivity contribution in [2.24, 2.45) is 0 Å². The van der Waals surface area contributed by atoms with Crippen molar-refractivity contribution < 1.29 is 22.7 Å². The Balaban J connectivity index is 1.28. The molecule has 2 aliphatic rings. The fraction of sp³-hybridized carbons (Fsp3) is 0.192. The first-order valence-corrected chi connectivity index (χ1v) is 12.4. The second-order valence-electron chi connectivity index (χ2n) is 8.32. The van der Waals surface area contributed by atoms with E-state index in [0.717, 1.165) is 22.3 Å². The van der Waals surface area contributed by atoms with E-state index >= 15 is 0 Å². The molecule has 0 atom stereocenters. The molecule has 3 aromatic rings. The van der Waals surface area contributed by atoms with Gasteiger partial charge in [-0.15, -0.1) is 0 Å². The van der Waals surface area contributed by atoms with E-state index in [4.69, 9.17) is 9.47 Å². The fourth-order valence-corrected chi connectivity index (χ4v) is 5.46. The van der Waals surface area contributed by atoms with Gasteiger partial charge in [0.2, 0.25) is 22.7 Å². The molecule has 1 amide bonds. The molecule has 0 aromatic heterocycles. The molecule has 7 nitrogen and oxygen atoms in total. The Morgan fingerprint density at radius 2 is 1.76 bits per heavy atom. The molecule has 2 aliphatic heterocycles. The number of sulfonamides is 1. The van der Waals surface area contributed by atoms with Crippen LogP contribution < -0.4 is 14.8 Å². The van der Waals surface area contributed by atoms with E-state index < -0.39 is 10.0 Å². The highest BCUT2D eigenvalue weighted by Gasteiger charge is 2.28. The zero-order valence-corrected chi connectivity index (χ0v) is 19.5. The SMILES string of the molecule is Cc1ccc(S(=O)(=O)N2CCc3ccc(NC(=O)/C=C/c4ccc5c(c4)OCO5)cc3C2)cc1. The van der Waals surface area contributed by atoms with Crippen molar-refractivity contribution in [3.05, 3.63) is 89.0 Å². The smallest absolute Gasteiger partial charge is 0.248 e. The number of anilines is 1. The predicted octanol–water partition coefficient (Wildman–Crippen LogP) is 4.12. The van der Waals surface area contributed by atoms with E-state index in [1.165, 1.54) is 10.4 Å². The monoisotopic (exact) mass is 476 g/mol. The lowest BCUT2D eigenvalue weighted by atomic mass is 10.0. The van der Waals surface area contributed by atoms with Crippen molar-refractivity contribution in [2.45, 2.75) is 24.8 Å². The first kappa shape index (κ1) is 22.2. The summed E-state index contributed by atoms with van der Waals surface area (Å²) in [5, 5.41) is 2.86. The molecule has 0 fully saturated rings. The maximum absolute atomic E-state index is 13.1. The Labute approximate surface area is 198 Å². The topological polar surface area (TPSA) is 84.9 Å². The quantitative estimate of drug-likeness (QED) is 0.560. The van der Waals surface area contributed by atoms with Gasteiger partial charge in [-0.3, -0.25) is 4.79 Å². The molecule has 34 heavy (non-hydrogen) atoms. The number of hydrogen-bond donors (Lipinski definition) is 1. The van der Waals surface area contributed by atoms with Crippen molar-refractivity contribution in [3.63, 3.8) is 0 Å². The van der Waals surface area contributed by atoms with Gasteiger partial charge in [0.1, 0.15) is 0 Å². The van der Waals surface area contributed by atoms with Gasteiger partial charge in [0.15, 0.2) is 11.5 Å². The Hall–Kier alpha value is -3.62. The van der Waals surface area contributed by atoms with Gasteiger partial charge in [-0.05, 0) is 72.5 Å². The van der Waals surface area contributed by atoms with Crippen LogP contribution in [0.5, 0.6) is 11.5 Å². The van der Waals surface area contributed by atoms with Crippen LogP contribution in [0.25, 0.3) is 6.08 Å². The lowest BCUT2D eigenvalue weighted by Crippen LogP contribution is -2.36. The molecule has 0 spiro atoms. The van der Waals surface area contributed by atoms with Crippen molar-refractivity contribution in [3.8, 4) is 11.5 Å². The molecular formula is C26H24N2O5S. The number of benzene rings is 3. The second kappa shape index (κ2) is 8.96. The number of carbonyl (C=O) groups excluding carboxylic acids is 1. The van der Waals surface area contributed by atoms with Gasteiger partial charge >= 0.3 is 0 Å². The molecule has 8 heteroatoms. The highest BCUT2D eigenvalue weighted by atomic mass is 32.2. The van der Waals surface area contributed by atoms with Gasteiger partial charge in [-0.2, -0.15) is 4.31 Å². The van der Waals surface area contributed by atoms with Gasteiger partial charge in [0, 0.05) is 24.9 Å². The number of carbonyl (C=O) groups is 1. The van der Waals surface area contributed by atoms with Crippen LogP contribution in [0.15, 0.2) is 71.6 Å². The summed E-state index contributed by atoms with van der Waals surface area (Å²) in [5.41, 5.74) is 4.43. The number of fused-ring (bicyclic) bond motifs is 2. The van der Waals surface area contributed by atoms with Crippen LogP contribution in [0.2, 0.25) is 0 Å². The van der Waals surface area contributed by atoms with E-state index in [2.05, 4.69) is 5.32 Å². The van der Waals surface area contributed by atoms with Gasteiger partial charge < -0.3 is 14.8 Å². The van der Waals surface area contributed by atoms with E-state index in [9.17, 15) is 13.2 Å². The molecule has 0 unspecified atom stereocenters. The normalized spacial score (nSPS) is 15.3. The Bertz CT molecular complexity index is 1380. The van der Waals surface area contributed by atoms with Gasteiger partial charge in [-0.25, -0.2) is 8.42 Å². The summed E-state index contributed by atoms with van der Waals surface area (Å²) in [6, 6.07) is 18.0. The zero-order valence-electron chi connectivity index (χ0n) is 18.7. The summed E-state index contributed by atoms with van der Waals surface area (Å²) >= 11 is 0. The standard InChI is InChI=1S/C26H24N2O5S/c1-18-2-8-23(9-3-18)34(30,31)28-13-12-20-6-7-22(15-21(20)16-28)27-26(29)11-5-19-4-10-24-25(14-19)33-17-32-24/h2-11,14-15H,12-13,16-17H2,1H3,(H,27,29)/b11-5+. The van der Waals surface area contributed by atoms with Crippen molar-refractivity contribution in [2.75, 3.05) is 18.7 Å². The highest BCUT2D eigenvalue weighted by molar-refractivity contribution is 7.89. The number of rotatable bonds is 5. The molecule has 0 saturated carbocycles. The van der Waals surface area contributed by atoms with Crippen molar-refractivity contribution in [1.82, 2.24) is 4.31 Å². The van der Waals surface area contributed by atoms with E-state index in [1.54, 1.807) is 36.4 Å². The fourth-order valence-electron chi connectivity index (χ4n) is 4.05. The summed E-state index contributed by atoms with van der Waals surface area (Å²) in [6.45, 7) is 2.81. The minimum Gasteiger partial charge on any atom is -0.454 e. The summed E-state index contributed by atoms with van der Waals surface area (Å²) < 4.78 is 38.3. The third-order valence-corrected chi connectivity index (χ3v) is 7.79. The number of amides is 1. The van der Waals surface area contributed by atoms with Crippen molar-refractivity contribution >= 4 is 27.7 Å². The highest BCUT2D eigenvalue weighted by Crippen LogP contribution is 2.33. The number of nitrogens with one attached hydrogen (secondary N) is 1. The first-order valence-electron chi connectivity index (χ1n) is 11.0. The lowest BCUT2D eigenvalue weighted by Gasteiger charge is -2.28. The average molecular weight is 477 g/mol. The molecular weight excluding hydrogens is 452 g/mol. The molecule has 0 saturated heterocycles. The van der Waals surface area contributed by atoms with Crippen LogP contribution in [0.3, 0.4) is 0 Å². The largest absolute Gasteiger partial charge is 0.454 e. The summed E-state index contributed by atoms with van der Waals surface area (Å²) in [6.07, 6.45) is 3.77. The number of aryl methyl sites for hydroxylation is 1. The molecule has 3 aromatic carbocycles. The van der Waals surface area contributed by atoms with Gasteiger partial charge in [0.05, 0.1) is 4.90 Å². The number of hydrogen-bond acceptors (Lipinski definition) is 5. The molecule has 5 rings (SSSR count). The van der Waals surface area contributed by atoms with Gasteiger partial charge in [0.25, 0.3) is 0 Å². The van der Waals surface area contributed by atoms with Crippen LogP contribution in [-0.4, -0.2) is 32.0 Å². The molecule has 0 bridgehead atoms. The minimum absolute atomic E-state index is 0.199. The summed E-state index contributed by atoms with van der Waals surface area (Å²) in [5.74, 6) is 1.06. The minimum atomic E-state index is -3.59. The van der Waals surface area contributed by atoms with E-state index in [-0.39, 0.29) is 19.2 Å². The van der Waals surface area contributed by atoms with Crippen LogP contribution in [0.1, 0.15) is 22.3 Å². The predicted molar refractivity (Wildman–Crippen MR) is 129 cm³/mol. The third-order valence-electron chi connectivity index (χ3n) is 5.93. The second-order valence-corrected chi connectivity index (χ2v) is 10.3. The van der Waals surface area contributed by atoms with E-state index in [0.29, 0.717) is 35.0 Å². The Morgan fingerprint density at radius 1 is 0.971 bits per heavy atom. The summed E-state index contributed by atoms with van der Waals surface area (Å²) in [4.78, 5) is 12.8. The third kappa shape index (κ3) is 4.55. The molecule has 1 N–H and O–H groups in total. The van der Waals surface area contributed by atoms with Crippen molar-refractivity contribution in [1.29, 1.82) is 0 Å². The van der Waals surface area contributed by atoms with Gasteiger partial charge in [-0.1, -0.05) is 29.8 Å². The molecule has 0 radical (unpaired) electrons. The van der Waals surface area contributed by atoms with Crippen LogP contribution in [0, 0.1) is 6.92 Å². The average Bonchev–Trinajstić information content (AvgIpc) is 3.30. The van der Waals surface area contributed by atoms with Crippen LogP contribution >= 0.6 is 0 Å². The number of ether oxygens (including phenoxy) is 2. The number of nitrogens with zero attached hydrogens (tertiary/aromatic N) is 1. The molecule has 2 heterocycles. The molecule has 174 valence electrons. The maximum atomic E-state index is 13.1. The zero-order chi connectivity index (χ0) is 23.7. The summed E-state index contributed by atoms with van der Waals surface area (Å²) in [7, 11) is -3.59.